The summed E-state index contributed by atoms with van der Waals surface area (Å²) in [5.41, 5.74) is 1.27. The van der Waals surface area contributed by atoms with Gasteiger partial charge in [0.2, 0.25) is 0 Å². The minimum atomic E-state index is -0.377. The zero-order chi connectivity index (χ0) is 18.0. The minimum absolute atomic E-state index is 0.245. The van der Waals surface area contributed by atoms with Crippen LogP contribution in [0.2, 0.25) is 0 Å². The minimum Gasteiger partial charge on any atom is -0.497 e. The van der Waals surface area contributed by atoms with Crippen molar-refractivity contribution >= 4 is 22.5 Å². The van der Waals surface area contributed by atoms with Crippen LogP contribution in [0.4, 0.5) is 5.69 Å². The van der Waals surface area contributed by atoms with Crippen LogP contribution in [0.25, 0.3) is 10.9 Å². The molecule has 0 saturated heterocycles. The molecule has 3 rings (SSSR count). The number of para-hydroxylation sites is 1. The topological polar surface area (TPSA) is 69.6 Å². The Labute approximate surface area is 144 Å². The zero-order valence-corrected chi connectivity index (χ0v) is 14.2. The maximum atomic E-state index is 12.8. The van der Waals surface area contributed by atoms with Crippen LogP contribution in [0.3, 0.4) is 0 Å². The fourth-order valence-electron chi connectivity index (χ4n) is 2.69. The number of hydrogen-bond donors (Lipinski definition) is 1. The maximum Gasteiger partial charge on any atom is 0.256 e. The lowest BCUT2D eigenvalue weighted by atomic mass is 10.1. The average molecular weight is 338 g/mol. The fourth-order valence-corrected chi connectivity index (χ4v) is 2.69. The Hall–Kier alpha value is -3.28. The van der Waals surface area contributed by atoms with Crippen molar-refractivity contribution in [1.29, 1.82) is 0 Å². The van der Waals surface area contributed by atoms with E-state index in [1.54, 1.807) is 32.4 Å². The van der Waals surface area contributed by atoms with Crippen molar-refractivity contribution in [3.8, 4) is 11.5 Å². The lowest BCUT2D eigenvalue weighted by Crippen LogP contribution is -2.21. The van der Waals surface area contributed by atoms with E-state index in [9.17, 15) is 9.59 Å². The van der Waals surface area contributed by atoms with Gasteiger partial charge in [-0.25, -0.2) is 0 Å². The van der Waals surface area contributed by atoms with E-state index in [4.69, 9.17) is 9.47 Å². The number of fused-ring (bicyclic) bond motifs is 1. The van der Waals surface area contributed by atoms with Crippen LogP contribution in [0, 0.1) is 0 Å². The number of hydrogen-bond acceptors (Lipinski definition) is 4. The lowest BCUT2D eigenvalue weighted by Gasteiger charge is -2.13. The first-order valence-corrected chi connectivity index (χ1v) is 7.67. The number of aryl methyl sites for hydroxylation is 1. The molecule has 0 atom stereocenters. The Morgan fingerprint density at radius 1 is 1.04 bits per heavy atom. The van der Waals surface area contributed by atoms with Crippen LogP contribution in [0.15, 0.2) is 53.3 Å². The third kappa shape index (κ3) is 3.06. The molecule has 6 heteroatoms. The largest absolute Gasteiger partial charge is 0.497 e. The summed E-state index contributed by atoms with van der Waals surface area (Å²) in [5, 5.41) is 3.50. The molecule has 128 valence electrons. The van der Waals surface area contributed by atoms with Crippen molar-refractivity contribution in [3.05, 3.63) is 64.4 Å². The van der Waals surface area contributed by atoms with Gasteiger partial charge in [-0.05, 0) is 18.2 Å². The molecular formula is C19H18N2O4. The number of nitrogens with zero attached hydrogens (tertiary/aromatic N) is 1. The van der Waals surface area contributed by atoms with E-state index in [1.165, 1.54) is 17.7 Å². The molecule has 0 spiro atoms. The number of methoxy groups -OCH3 is 2. The van der Waals surface area contributed by atoms with Crippen molar-refractivity contribution in [3.63, 3.8) is 0 Å². The Morgan fingerprint density at radius 2 is 1.80 bits per heavy atom. The van der Waals surface area contributed by atoms with Crippen molar-refractivity contribution < 1.29 is 14.3 Å². The molecule has 1 heterocycles. The van der Waals surface area contributed by atoms with Crippen molar-refractivity contribution in [2.24, 2.45) is 7.05 Å². The molecule has 2 aromatic carbocycles. The number of benzene rings is 2. The predicted octanol–water partition coefficient (Wildman–Crippen LogP) is 2.81. The van der Waals surface area contributed by atoms with Crippen molar-refractivity contribution in [1.82, 2.24) is 4.57 Å². The Balaban J connectivity index is 2.04. The molecule has 0 aliphatic carbocycles. The number of pyridine rings is 1. The smallest absolute Gasteiger partial charge is 0.256 e. The second-order valence-electron chi connectivity index (χ2n) is 5.49. The molecule has 1 aromatic heterocycles. The standard InChI is InChI=1S/C19H18N2O4/c1-21-16-7-5-4-6-13(16)14(11-18(21)22)19(23)20-15-9-8-12(24-2)10-17(15)25-3/h4-11H,1-3H3,(H,20,23). The highest BCUT2D eigenvalue weighted by atomic mass is 16.5. The van der Waals surface area contributed by atoms with Crippen LogP contribution in [-0.2, 0) is 7.05 Å². The van der Waals surface area contributed by atoms with Gasteiger partial charge < -0.3 is 19.4 Å². The number of ether oxygens (including phenoxy) is 2. The van der Waals surface area contributed by atoms with Gasteiger partial charge in [-0.15, -0.1) is 0 Å². The lowest BCUT2D eigenvalue weighted by molar-refractivity contribution is 0.102. The molecular weight excluding hydrogens is 320 g/mol. The molecule has 1 amide bonds. The summed E-state index contributed by atoms with van der Waals surface area (Å²) < 4.78 is 12.0. The number of carbonyl (C=O) groups is 1. The Morgan fingerprint density at radius 3 is 2.52 bits per heavy atom. The maximum absolute atomic E-state index is 12.8. The normalized spacial score (nSPS) is 10.5. The van der Waals surface area contributed by atoms with Gasteiger partial charge in [0, 0.05) is 24.6 Å². The molecule has 25 heavy (non-hydrogen) atoms. The highest BCUT2D eigenvalue weighted by Crippen LogP contribution is 2.29. The molecule has 6 nitrogen and oxygen atoms in total. The van der Waals surface area contributed by atoms with Gasteiger partial charge in [-0.3, -0.25) is 9.59 Å². The van der Waals surface area contributed by atoms with Gasteiger partial charge in [0.25, 0.3) is 11.5 Å². The van der Waals surface area contributed by atoms with Crippen molar-refractivity contribution in [2.75, 3.05) is 19.5 Å². The van der Waals surface area contributed by atoms with Gasteiger partial charge >= 0.3 is 0 Å². The first-order chi connectivity index (χ1) is 12.0. The van der Waals surface area contributed by atoms with Crippen molar-refractivity contribution in [2.45, 2.75) is 0 Å². The molecule has 0 radical (unpaired) electrons. The van der Waals surface area contributed by atoms with Crippen LogP contribution >= 0.6 is 0 Å². The van der Waals surface area contributed by atoms with Gasteiger partial charge in [0.1, 0.15) is 11.5 Å². The number of aromatic nitrogens is 1. The predicted molar refractivity (Wildman–Crippen MR) is 96.7 cm³/mol. The molecule has 0 saturated carbocycles. The van der Waals surface area contributed by atoms with E-state index in [-0.39, 0.29) is 11.5 Å². The average Bonchev–Trinajstić information content (AvgIpc) is 2.64. The number of anilines is 1. The summed E-state index contributed by atoms with van der Waals surface area (Å²) in [6, 6.07) is 13.7. The van der Waals surface area contributed by atoms with Gasteiger partial charge in [0.05, 0.1) is 31.0 Å². The second kappa shape index (κ2) is 6.68. The second-order valence-corrected chi connectivity index (χ2v) is 5.49. The monoisotopic (exact) mass is 338 g/mol. The number of nitrogens with one attached hydrogen (secondary N) is 1. The third-order valence-electron chi connectivity index (χ3n) is 4.06. The molecule has 0 bridgehead atoms. The van der Waals surface area contributed by atoms with Crippen LogP contribution in [0.5, 0.6) is 11.5 Å². The van der Waals surface area contributed by atoms with Gasteiger partial charge in [-0.1, -0.05) is 18.2 Å². The Bertz CT molecular complexity index is 1010. The van der Waals surface area contributed by atoms with Crippen LogP contribution < -0.4 is 20.3 Å². The van der Waals surface area contributed by atoms with E-state index in [1.807, 2.05) is 24.3 Å². The summed E-state index contributed by atoms with van der Waals surface area (Å²) >= 11 is 0. The summed E-state index contributed by atoms with van der Waals surface area (Å²) in [6.45, 7) is 0. The first-order valence-electron chi connectivity index (χ1n) is 7.67. The molecule has 0 aliphatic heterocycles. The van der Waals surface area contributed by atoms with Crippen LogP contribution in [0.1, 0.15) is 10.4 Å². The van der Waals surface area contributed by atoms with E-state index < -0.39 is 0 Å². The van der Waals surface area contributed by atoms with Gasteiger partial charge in [-0.2, -0.15) is 0 Å². The molecule has 0 fully saturated rings. The molecule has 1 N–H and O–H groups in total. The molecule has 0 unspecified atom stereocenters. The number of rotatable bonds is 4. The van der Waals surface area contributed by atoms with E-state index in [0.29, 0.717) is 33.7 Å². The quantitative estimate of drug-likeness (QED) is 0.794. The fraction of sp³-hybridized carbons (Fsp3) is 0.158. The summed E-state index contributed by atoms with van der Waals surface area (Å²) in [7, 11) is 4.75. The number of carbonyl (C=O) groups excluding carboxylic acids is 1. The van der Waals surface area contributed by atoms with E-state index in [0.717, 1.165) is 0 Å². The summed E-state index contributed by atoms with van der Waals surface area (Å²) in [6.07, 6.45) is 0. The molecule has 3 aromatic rings. The third-order valence-corrected chi connectivity index (χ3v) is 4.06. The van der Waals surface area contributed by atoms with E-state index >= 15 is 0 Å². The SMILES string of the molecule is COc1ccc(NC(=O)c2cc(=O)n(C)c3ccccc23)c(OC)c1. The van der Waals surface area contributed by atoms with Crippen LogP contribution in [-0.4, -0.2) is 24.7 Å². The first kappa shape index (κ1) is 16.6. The number of amides is 1. The molecule has 0 aliphatic rings. The Kier molecular flexibility index (Phi) is 4.43. The van der Waals surface area contributed by atoms with E-state index in [2.05, 4.69) is 5.32 Å². The summed E-state index contributed by atoms with van der Waals surface area (Å²) in [4.78, 5) is 24.9. The summed E-state index contributed by atoms with van der Waals surface area (Å²) in [5.74, 6) is 0.715. The highest BCUT2D eigenvalue weighted by Gasteiger charge is 2.15. The highest BCUT2D eigenvalue weighted by molar-refractivity contribution is 6.12. The van der Waals surface area contributed by atoms with Gasteiger partial charge in [0.15, 0.2) is 0 Å². The zero-order valence-electron chi connectivity index (χ0n) is 14.2.